The summed E-state index contributed by atoms with van der Waals surface area (Å²) in [7, 11) is 0. The lowest BCUT2D eigenvalue weighted by Crippen LogP contribution is -2.42. The molecule has 2 aromatic heterocycles. The molecule has 1 aromatic carbocycles. The SMILES string of the molecule is CCOC(=O)Cc1cnc(N2CCC(C3=C(C(=O)OCC)C(c4ccc(F)c(F)c4Cl)N=C(c4nccs4)N3)CC2)nc1. The topological polar surface area (TPSA) is 119 Å². The number of anilines is 1. The van der Waals surface area contributed by atoms with Crippen LogP contribution >= 0.6 is 22.9 Å². The molecule has 14 heteroatoms. The number of halogens is 3. The van der Waals surface area contributed by atoms with E-state index in [1.165, 1.54) is 17.4 Å². The Morgan fingerprint density at radius 1 is 1.09 bits per heavy atom. The highest BCUT2D eigenvalue weighted by Crippen LogP contribution is 2.41. The van der Waals surface area contributed by atoms with Gasteiger partial charge in [-0.05, 0) is 32.8 Å². The quantitative estimate of drug-likeness (QED) is 0.263. The number of thiazole rings is 1. The number of aromatic nitrogens is 3. The van der Waals surface area contributed by atoms with Gasteiger partial charge in [0.25, 0.3) is 0 Å². The third-order valence-corrected chi connectivity index (χ3v) is 8.26. The van der Waals surface area contributed by atoms with Crippen LogP contribution in [0.2, 0.25) is 5.02 Å². The Bertz CT molecular complexity index is 1540. The Hall–Kier alpha value is -3.97. The second kappa shape index (κ2) is 13.6. The van der Waals surface area contributed by atoms with Gasteiger partial charge in [0.2, 0.25) is 5.95 Å². The lowest BCUT2D eigenvalue weighted by Gasteiger charge is -2.36. The number of benzene rings is 1. The van der Waals surface area contributed by atoms with Crippen molar-refractivity contribution in [2.45, 2.75) is 39.2 Å². The van der Waals surface area contributed by atoms with Crippen molar-refractivity contribution >= 4 is 46.7 Å². The molecular formula is C29H29ClF2N6O4S. The number of allylic oxidation sites excluding steroid dienone is 1. The van der Waals surface area contributed by atoms with Crippen LogP contribution in [0.3, 0.4) is 0 Å². The fourth-order valence-corrected chi connectivity index (χ4v) is 5.94. The van der Waals surface area contributed by atoms with Crippen molar-refractivity contribution in [3.05, 3.63) is 80.2 Å². The molecule has 1 saturated heterocycles. The van der Waals surface area contributed by atoms with Gasteiger partial charge in [-0.15, -0.1) is 11.3 Å². The molecule has 0 saturated carbocycles. The van der Waals surface area contributed by atoms with E-state index in [0.29, 0.717) is 60.6 Å². The number of piperidine rings is 1. The van der Waals surface area contributed by atoms with Crippen molar-refractivity contribution < 1.29 is 27.8 Å². The van der Waals surface area contributed by atoms with E-state index in [1.54, 1.807) is 37.8 Å². The molecule has 43 heavy (non-hydrogen) atoms. The molecule has 1 atom stereocenters. The molecule has 1 unspecified atom stereocenters. The molecule has 2 aliphatic heterocycles. The minimum Gasteiger partial charge on any atom is -0.466 e. The maximum absolute atomic E-state index is 14.6. The smallest absolute Gasteiger partial charge is 0.338 e. The zero-order valence-electron chi connectivity index (χ0n) is 23.5. The van der Waals surface area contributed by atoms with E-state index in [-0.39, 0.29) is 36.1 Å². The van der Waals surface area contributed by atoms with Crippen LogP contribution < -0.4 is 10.2 Å². The Morgan fingerprint density at radius 3 is 2.47 bits per heavy atom. The Morgan fingerprint density at radius 2 is 1.81 bits per heavy atom. The van der Waals surface area contributed by atoms with Crippen LogP contribution in [0.15, 0.2) is 52.4 Å². The highest BCUT2D eigenvalue weighted by atomic mass is 35.5. The third-order valence-electron chi connectivity index (χ3n) is 7.10. The predicted molar refractivity (Wildman–Crippen MR) is 157 cm³/mol. The summed E-state index contributed by atoms with van der Waals surface area (Å²) in [6.07, 6.45) is 6.18. The Kier molecular flexibility index (Phi) is 9.61. The highest BCUT2D eigenvalue weighted by molar-refractivity contribution is 7.11. The second-order valence-corrected chi connectivity index (χ2v) is 11.1. The van der Waals surface area contributed by atoms with Gasteiger partial charge in [0.05, 0.1) is 30.2 Å². The largest absolute Gasteiger partial charge is 0.466 e. The van der Waals surface area contributed by atoms with Gasteiger partial charge < -0.3 is 19.7 Å². The molecule has 10 nitrogen and oxygen atoms in total. The summed E-state index contributed by atoms with van der Waals surface area (Å²) in [5.74, 6) is -2.50. The third kappa shape index (κ3) is 6.67. The highest BCUT2D eigenvalue weighted by Gasteiger charge is 2.38. The van der Waals surface area contributed by atoms with Crippen molar-refractivity contribution in [1.29, 1.82) is 0 Å². The fourth-order valence-electron chi connectivity index (χ4n) is 5.10. The minimum atomic E-state index is -1.21. The van der Waals surface area contributed by atoms with E-state index in [0.717, 1.165) is 6.07 Å². The van der Waals surface area contributed by atoms with Gasteiger partial charge >= 0.3 is 11.9 Å². The molecule has 4 heterocycles. The molecule has 2 aliphatic rings. The van der Waals surface area contributed by atoms with Crippen LogP contribution in [0.1, 0.15) is 48.9 Å². The van der Waals surface area contributed by atoms with E-state index in [9.17, 15) is 18.4 Å². The van der Waals surface area contributed by atoms with Gasteiger partial charge in [-0.25, -0.2) is 28.5 Å². The summed E-state index contributed by atoms with van der Waals surface area (Å²) in [5.41, 5.74) is 1.57. The van der Waals surface area contributed by atoms with E-state index < -0.39 is 28.7 Å². The van der Waals surface area contributed by atoms with E-state index >= 15 is 0 Å². The summed E-state index contributed by atoms with van der Waals surface area (Å²) in [6, 6.07) is 1.25. The normalized spacial score (nSPS) is 17.4. The lowest BCUT2D eigenvalue weighted by atomic mass is 9.85. The van der Waals surface area contributed by atoms with Crippen LogP contribution in [0.5, 0.6) is 0 Å². The molecule has 0 aliphatic carbocycles. The molecule has 1 N–H and O–H groups in total. The summed E-state index contributed by atoms with van der Waals surface area (Å²) >= 11 is 7.63. The van der Waals surface area contributed by atoms with Gasteiger partial charge in [-0.3, -0.25) is 9.79 Å². The molecule has 0 amide bonds. The van der Waals surface area contributed by atoms with Crippen molar-refractivity contribution in [2.75, 3.05) is 31.2 Å². The van der Waals surface area contributed by atoms with Crippen LogP contribution in [0.25, 0.3) is 0 Å². The number of hydrogen-bond donors (Lipinski definition) is 1. The number of aliphatic imine (C=N–C) groups is 1. The van der Waals surface area contributed by atoms with Crippen molar-refractivity contribution in [2.24, 2.45) is 10.9 Å². The number of amidine groups is 1. The van der Waals surface area contributed by atoms with Gasteiger partial charge in [0, 0.05) is 59.8 Å². The number of nitrogens with zero attached hydrogens (tertiary/aromatic N) is 5. The number of carbonyl (C=O) groups is 2. The van der Waals surface area contributed by atoms with Crippen molar-refractivity contribution in [1.82, 2.24) is 20.3 Å². The summed E-state index contributed by atoms with van der Waals surface area (Å²) in [4.78, 5) is 45.2. The average Bonchev–Trinajstić information content (AvgIpc) is 3.56. The second-order valence-electron chi connectivity index (χ2n) is 9.79. The van der Waals surface area contributed by atoms with E-state index in [2.05, 4.69) is 20.3 Å². The maximum Gasteiger partial charge on any atom is 0.338 e. The molecule has 0 bridgehead atoms. The molecule has 1 fully saturated rings. The number of nitrogens with one attached hydrogen (secondary N) is 1. The zero-order valence-corrected chi connectivity index (χ0v) is 25.1. The van der Waals surface area contributed by atoms with E-state index in [4.69, 9.17) is 26.1 Å². The maximum atomic E-state index is 14.6. The number of rotatable bonds is 9. The van der Waals surface area contributed by atoms with Crippen LogP contribution in [0.4, 0.5) is 14.7 Å². The first kappa shape index (κ1) is 30.5. The monoisotopic (exact) mass is 630 g/mol. The number of carbonyl (C=O) groups excluding carboxylic acids is 2. The first-order valence-corrected chi connectivity index (χ1v) is 15.1. The fraction of sp³-hybridized carbons (Fsp3) is 0.379. The minimum absolute atomic E-state index is 0.0960. The van der Waals surface area contributed by atoms with Crippen molar-refractivity contribution in [3.63, 3.8) is 0 Å². The molecule has 0 radical (unpaired) electrons. The number of esters is 2. The number of ether oxygens (including phenoxy) is 2. The molecule has 3 aromatic rings. The Balaban J connectivity index is 1.45. The summed E-state index contributed by atoms with van der Waals surface area (Å²) < 4.78 is 39.0. The standard InChI is InChI=1S/C29H29ClF2N6O4S/c1-3-41-20(39)13-16-14-34-29(35-15-16)38-10-7-17(8-11-38)24-21(28(40)42-4-2)25(18-5-6-19(31)23(32)22(18)30)37-26(36-24)27-33-9-12-43-27/h5-6,9,12,14-15,17,25H,3-4,7-8,10-11,13H2,1-2H3,(H,36,37). The first-order chi connectivity index (χ1) is 20.8. The zero-order chi connectivity index (χ0) is 30.5. The molecular weight excluding hydrogens is 602 g/mol. The summed E-state index contributed by atoms with van der Waals surface area (Å²) in [5, 5.41) is 5.23. The van der Waals surface area contributed by atoms with Crippen LogP contribution in [-0.4, -0.2) is 59.0 Å². The van der Waals surface area contributed by atoms with Crippen molar-refractivity contribution in [3.8, 4) is 0 Å². The Labute approximate surface area is 255 Å². The van der Waals surface area contributed by atoms with Gasteiger partial charge in [0.1, 0.15) is 6.04 Å². The first-order valence-electron chi connectivity index (χ1n) is 13.8. The van der Waals surface area contributed by atoms with E-state index in [1.807, 2.05) is 4.90 Å². The molecule has 0 spiro atoms. The van der Waals surface area contributed by atoms with Crippen LogP contribution in [-0.2, 0) is 25.5 Å². The van der Waals surface area contributed by atoms with Crippen LogP contribution in [0, 0.1) is 17.6 Å². The van der Waals surface area contributed by atoms with Gasteiger partial charge in [-0.2, -0.15) is 0 Å². The van der Waals surface area contributed by atoms with Gasteiger partial charge in [-0.1, -0.05) is 17.7 Å². The lowest BCUT2D eigenvalue weighted by molar-refractivity contribution is -0.142. The molecule has 226 valence electrons. The molecule has 5 rings (SSSR count). The number of hydrogen-bond acceptors (Lipinski definition) is 11. The summed E-state index contributed by atoms with van der Waals surface area (Å²) in [6.45, 7) is 5.00. The van der Waals surface area contributed by atoms with Gasteiger partial charge in [0.15, 0.2) is 22.5 Å². The average molecular weight is 631 g/mol. The predicted octanol–water partition coefficient (Wildman–Crippen LogP) is 4.80.